The second kappa shape index (κ2) is 9.56. The first-order valence-electron chi connectivity index (χ1n) is 9.50. The number of thioether (sulfide) groups is 1. The summed E-state index contributed by atoms with van der Waals surface area (Å²) in [7, 11) is 0. The summed E-state index contributed by atoms with van der Waals surface area (Å²) in [6, 6.07) is 16.7. The van der Waals surface area contributed by atoms with Crippen molar-refractivity contribution in [2.24, 2.45) is 0 Å². The lowest BCUT2D eigenvalue weighted by atomic mass is 10.2. The number of anilines is 1. The van der Waals surface area contributed by atoms with Gasteiger partial charge in [-0.2, -0.15) is 0 Å². The Kier molecular flexibility index (Phi) is 6.78. The molecule has 1 heterocycles. The molecule has 0 saturated carbocycles. The van der Waals surface area contributed by atoms with Crippen molar-refractivity contribution >= 4 is 66.1 Å². The van der Waals surface area contributed by atoms with E-state index < -0.39 is 11.4 Å². The highest BCUT2D eigenvalue weighted by Crippen LogP contribution is 2.32. The Hall–Kier alpha value is -2.49. The van der Waals surface area contributed by atoms with Crippen LogP contribution in [0.25, 0.3) is 16.6 Å². The third kappa shape index (κ3) is 4.65. The molecular weight excluding hydrogens is 561 g/mol. The molecule has 0 fully saturated rings. The number of hydrogen-bond donors (Lipinski definition) is 1. The van der Waals surface area contributed by atoms with Crippen LogP contribution < -0.4 is 10.9 Å². The lowest BCUT2D eigenvalue weighted by molar-refractivity contribution is -0.113. The molecule has 0 radical (unpaired) electrons. The fraction of sp³-hybridized carbons (Fsp3) is 0.0870. The van der Waals surface area contributed by atoms with Crippen molar-refractivity contribution in [1.29, 1.82) is 0 Å². The molecule has 4 rings (SSSR count). The van der Waals surface area contributed by atoms with E-state index in [9.17, 15) is 14.0 Å². The Bertz CT molecular complexity index is 1380. The van der Waals surface area contributed by atoms with E-state index in [1.54, 1.807) is 36.4 Å². The number of amides is 1. The highest BCUT2D eigenvalue weighted by molar-refractivity contribution is 9.11. The fourth-order valence-electron chi connectivity index (χ4n) is 3.18. The van der Waals surface area contributed by atoms with Crippen molar-refractivity contribution in [1.82, 2.24) is 9.55 Å². The standard InChI is InChI=1S/C23H16Br2FN3O2S/c1-13-10-15(24)21(16(25)11-13)28-20(30)12-32-23-27-18-8-4-2-6-14(18)22(31)29(23)19-9-5-3-7-17(19)26/h2-11H,12H2,1H3,(H,28,30). The van der Waals surface area contributed by atoms with Gasteiger partial charge in [0.15, 0.2) is 5.16 Å². The van der Waals surface area contributed by atoms with Crippen molar-refractivity contribution in [2.45, 2.75) is 12.1 Å². The molecule has 1 aromatic heterocycles. The number of halogens is 3. The minimum Gasteiger partial charge on any atom is -0.323 e. The maximum Gasteiger partial charge on any atom is 0.266 e. The number of nitrogens with zero attached hydrogens (tertiary/aromatic N) is 2. The van der Waals surface area contributed by atoms with Crippen molar-refractivity contribution in [2.75, 3.05) is 11.1 Å². The monoisotopic (exact) mass is 575 g/mol. The van der Waals surface area contributed by atoms with Crippen molar-refractivity contribution < 1.29 is 9.18 Å². The zero-order chi connectivity index (χ0) is 22.8. The van der Waals surface area contributed by atoms with Crippen LogP contribution in [0.4, 0.5) is 10.1 Å². The van der Waals surface area contributed by atoms with E-state index in [1.165, 1.54) is 16.7 Å². The van der Waals surface area contributed by atoms with Gasteiger partial charge in [0.25, 0.3) is 5.56 Å². The van der Waals surface area contributed by atoms with E-state index in [1.807, 2.05) is 19.1 Å². The number of hydrogen-bond acceptors (Lipinski definition) is 4. The number of aryl methyl sites for hydroxylation is 1. The normalized spacial score (nSPS) is 11.0. The van der Waals surface area contributed by atoms with Gasteiger partial charge in [0.2, 0.25) is 5.91 Å². The number of aromatic nitrogens is 2. The number of carbonyl (C=O) groups excluding carboxylic acids is 1. The molecule has 0 spiro atoms. The lowest BCUT2D eigenvalue weighted by Crippen LogP contribution is -2.23. The molecule has 3 aromatic carbocycles. The van der Waals surface area contributed by atoms with Crippen molar-refractivity contribution in [3.05, 3.63) is 91.3 Å². The molecule has 5 nitrogen and oxygen atoms in total. The molecule has 0 bridgehead atoms. The molecule has 0 atom stereocenters. The number of para-hydroxylation sites is 2. The zero-order valence-electron chi connectivity index (χ0n) is 16.7. The van der Waals surface area contributed by atoms with Gasteiger partial charge in [-0.1, -0.05) is 36.0 Å². The van der Waals surface area contributed by atoms with Gasteiger partial charge < -0.3 is 5.32 Å². The van der Waals surface area contributed by atoms with E-state index in [-0.39, 0.29) is 22.5 Å². The number of nitrogens with one attached hydrogen (secondary N) is 1. The molecule has 162 valence electrons. The minimum atomic E-state index is -0.550. The molecule has 4 aromatic rings. The molecule has 32 heavy (non-hydrogen) atoms. The highest BCUT2D eigenvalue weighted by Gasteiger charge is 2.18. The molecule has 0 unspecified atom stereocenters. The summed E-state index contributed by atoms with van der Waals surface area (Å²) < 4.78 is 17.3. The summed E-state index contributed by atoms with van der Waals surface area (Å²) in [6.45, 7) is 1.95. The second-order valence-corrected chi connectivity index (χ2v) is 9.60. The Morgan fingerprint density at radius 3 is 2.47 bits per heavy atom. The summed E-state index contributed by atoms with van der Waals surface area (Å²) in [6.07, 6.45) is 0. The summed E-state index contributed by atoms with van der Waals surface area (Å²) in [5.74, 6) is -0.861. The van der Waals surface area contributed by atoms with E-state index in [4.69, 9.17) is 0 Å². The number of benzene rings is 3. The van der Waals surface area contributed by atoms with Crippen LogP contribution in [0.3, 0.4) is 0 Å². The van der Waals surface area contributed by atoms with Gasteiger partial charge in [-0.3, -0.25) is 14.2 Å². The van der Waals surface area contributed by atoms with E-state index >= 15 is 0 Å². The molecular formula is C23H16Br2FN3O2S. The van der Waals surface area contributed by atoms with Crippen LogP contribution in [0.1, 0.15) is 5.56 Å². The van der Waals surface area contributed by atoms with Crippen LogP contribution in [0.5, 0.6) is 0 Å². The highest BCUT2D eigenvalue weighted by atomic mass is 79.9. The smallest absolute Gasteiger partial charge is 0.266 e. The number of carbonyl (C=O) groups is 1. The van der Waals surface area contributed by atoms with Crippen molar-refractivity contribution in [3.63, 3.8) is 0 Å². The first kappa shape index (κ1) is 22.7. The van der Waals surface area contributed by atoms with Gasteiger partial charge in [-0.15, -0.1) is 0 Å². The first-order valence-corrected chi connectivity index (χ1v) is 12.1. The number of fused-ring (bicyclic) bond motifs is 1. The first-order chi connectivity index (χ1) is 15.3. The maximum absolute atomic E-state index is 14.6. The van der Waals surface area contributed by atoms with Gasteiger partial charge >= 0.3 is 0 Å². The predicted molar refractivity (Wildman–Crippen MR) is 133 cm³/mol. The summed E-state index contributed by atoms with van der Waals surface area (Å²) in [5, 5.41) is 3.46. The van der Waals surface area contributed by atoms with E-state index in [0.29, 0.717) is 16.6 Å². The van der Waals surface area contributed by atoms with E-state index in [2.05, 4.69) is 42.2 Å². The third-order valence-electron chi connectivity index (χ3n) is 4.62. The molecule has 0 saturated heterocycles. The van der Waals surface area contributed by atoms with Crippen molar-refractivity contribution in [3.8, 4) is 5.69 Å². The van der Waals surface area contributed by atoms with Crippen LogP contribution in [0.2, 0.25) is 0 Å². The molecule has 1 N–H and O–H groups in total. The summed E-state index contributed by atoms with van der Waals surface area (Å²) >= 11 is 7.98. The second-order valence-electron chi connectivity index (χ2n) is 6.94. The quantitative estimate of drug-likeness (QED) is 0.231. The molecule has 0 aliphatic rings. The third-order valence-corrected chi connectivity index (χ3v) is 6.81. The minimum absolute atomic E-state index is 0.0218. The predicted octanol–water partition coefficient (Wildman–Crippen LogP) is 6.09. The molecule has 9 heteroatoms. The number of rotatable bonds is 5. The Morgan fingerprint density at radius 2 is 1.75 bits per heavy atom. The Balaban J connectivity index is 1.69. The largest absolute Gasteiger partial charge is 0.323 e. The maximum atomic E-state index is 14.6. The summed E-state index contributed by atoms with van der Waals surface area (Å²) in [4.78, 5) is 30.4. The van der Waals surface area contributed by atoms with E-state index in [0.717, 1.165) is 26.3 Å². The lowest BCUT2D eigenvalue weighted by Gasteiger charge is -2.14. The van der Waals surface area contributed by atoms with Crippen LogP contribution in [-0.4, -0.2) is 21.2 Å². The Morgan fingerprint density at radius 1 is 1.09 bits per heavy atom. The van der Waals surface area contributed by atoms with Crippen LogP contribution in [-0.2, 0) is 4.79 Å². The van der Waals surface area contributed by atoms with Crippen LogP contribution >= 0.6 is 43.6 Å². The van der Waals surface area contributed by atoms with Crippen LogP contribution in [0, 0.1) is 12.7 Å². The SMILES string of the molecule is Cc1cc(Br)c(NC(=O)CSc2nc3ccccc3c(=O)n2-c2ccccc2F)c(Br)c1. The molecule has 1 amide bonds. The van der Waals surface area contributed by atoms with Gasteiger partial charge in [0, 0.05) is 8.95 Å². The van der Waals surface area contributed by atoms with Gasteiger partial charge in [-0.05, 0) is 80.7 Å². The fourth-order valence-corrected chi connectivity index (χ4v) is 5.60. The average Bonchev–Trinajstić information content (AvgIpc) is 2.76. The van der Waals surface area contributed by atoms with Gasteiger partial charge in [-0.25, -0.2) is 9.37 Å². The van der Waals surface area contributed by atoms with Gasteiger partial charge in [0.05, 0.1) is 28.0 Å². The van der Waals surface area contributed by atoms with Crippen LogP contribution in [0.15, 0.2) is 79.6 Å². The molecule has 0 aliphatic carbocycles. The topological polar surface area (TPSA) is 64.0 Å². The van der Waals surface area contributed by atoms with Gasteiger partial charge in [0.1, 0.15) is 5.82 Å². The average molecular weight is 577 g/mol. The Labute approximate surface area is 204 Å². The summed E-state index contributed by atoms with van der Waals surface area (Å²) in [5.41, 5.74) is 1.82. The molecule has 0 aliphatic heterocycles. The zero-order valence-corrected chi connectivity index (χ0v) is 20.7.